The van der Waals surface area contributed by atoms with Crippen LogP contribution in [0.3, 0.4) is 0 Å². The van der Waals surface area contributed by atoms with Gasteiger partial charge >= 0.3 is 0 Å². The van der Waals surface area contributed by atoms with Gasteiger partial charge in [-0.05, 0) is 31.6 Å². The van der Waals surface area contributed by atoms with Crippen LogP contribution in [0.1, 0.15) is 40.0 Å². The molecule has 1 aliphatic carbocycles. The molecule has 0 amide bonds. The quantitative estimate of drug-likeness (QED) is 0.555. The van der Waals surface area contributed by atoms with E-state index in [1.807, 2.05) is 6.92 Å². The van der Waals surface area contributed by atoms with Crippen molar-refractivity contribution in [2.75, 3.05) is 6.73 Å². The highest BCUT2D eigenvalue weighted by molar-refractivity contribution is 5.34. The van der Waals surface area contributed by atoms with Crippen molar-refractivity contribution in [3.05, 3.63) is 0 Å². The summed E-state index contributed by atoms with van der Waals surface area (Å²) in [6.45, 7) is 6.20. The molecule has 1 rings (SSSR count). The summed E-state index contributed by atoms with van der Waals surface area (Å²) in [5, 5.41) is 0. The summed E-state index contributed by atoms with van der Waals surface area (Å²) in [4.78, 5) is 27.6. The molecule has 5 heteroatoms. The van der Waals surface area contributed by atoms with E-state index < -0.39 is 5.60 Å². The van der Waals surface area contributed by atoms with Crippen LogP contribution >= 0.6 is 0 Å². The molecule has 0 aromatic heterocycles. The van der Waals surface area contributed by atoms with Crippen LogP contribution in [-0.4, -0.2) is 30.5 Å². The number of hydrogen-bond acceptors (Lipinski definition) is 5. The van der Waals surface area contributed by atoms with Crippen LogP contribution in [0.4, 0.5) is 0 Å². The third-order valence-corrected chi connectivity index (χ3v) is 3.09. The molecule has 17 heavy (non-hydrogen) atoms. The van der Waals surface area contributed by atoms with E-state index in [0.29, 0.717) is 6.42 Å². The van der Waals surface area contributed by atoms with Crippen LogP contribution in [0.2, 0.25) is 0 Å². The summed E-state index contributed by atoms with van der Waals surface area (Å²) in [5.74, 6) is 0. The second-order valence-electron chi connectivity index (χ2n) is 5.60. The Labute approximate surface area is 101 Å². The zero-order valence-electron chi connectivity index (χ0n) is 10.5. The summed E-state index contributed by atoms with van der Waals surface area (Å²) >= 11 is 0. The van der Waals surface area contributed by atoms with Crippen LogP contribution in [0, 0.1) is 5.41 Å². The lowest BCUT2D eigenvalue weighted by atomic mass is 9.68. The van der Waals surface area contributed by atoms with Crippen molar-refractivity contribution >= 4 is 12.2 Å². The van der Waals surface area contributed by atoms with Crippen molar-refractivity contribution in [3.63, 3.8) is 0 Å². The Kier molecular flexibility index (Phi) is 4.35. The Bertz CT molecular complexity index is 368. The molecule has 0 aromatic carbocycles. The molecule has 0 radical (unpaired) electrons. The predicted molar refractivity (Wildman–Crippen MR) is 62.0 cm³/mol. The van der Waals surface area contributed by atoms with E-state index in [4.69, 9.17) is 4.74 Å². The standard InChI is InChI=1S/C12H18N2O3/c1-11(2)4-10(14-8-16)5-12(3,6-11)17-9-13-7-15/h10H,4-6,9H2,1-3H3. The molecule has 0 saturated heterocycles. The van der Waals surface area contributed by atoms with E-state index >= 15 is 0 Å². The SMILES string of the molecule is CC1(C)CC(N=C=O)CC(C)(OCN=C=O)C1. The minimum atomic E-state index is -0.410. The summed E-state index contributed by atoms with van der Waals surface area (Å²) in [6.07, 6.45) is 5.40. The van der Waals surface area contributed by atoms with Crippen LogP contribution in [0.15, 0.2) is 9.98 Å². The average molecular weight is 238 g/mol. The van der Waals surface area contributed by atoms with E-state index in [0.717, 1.165) is 12.8 Å². The van der Waals surface area contributed by atoms with Gasteiger partial charge in [-0.1, -0.05) is 13.8 Å². The molecule has 0 bridgehead atoms. The zero-order valence-corrected chi connectivity index (χ0v) is 10.5. The maximum atomic E-state index is 10.4. The Morgan fingerprint density at radius 3 is 2.53 bits per heavy atom. The first-order valence-electron chi connectivity index (χ1n) is 5.65. The highest BCUT2D eigenvalue weighted by atomic mass is 16.5. The first-order valence-corrected chi connectivity index (χ1v) is 5.65. The van der Waals surface area contributed by atoms with Gasteiger partial charge in [0, 0.05) is 0 Å². The minimum Gasteiger partial charge on any atom is -0.352 e. The zero-order chi connectivity index (χ0) is 12.9. The number of rotatable bonds is 4. The Morgan fingerprint density at radius 1 is 1.24 bits per heavy atom. The summed E-state index contributed by atoms with van der Waals surface area (Å²) in [5.41, 5.74) is -0.365. The summed E-state index contributed by atoms with van der Waals surface area (Å²) in [7, 11) is 0. The van der Waals surface area contributed by atoms with Crippen molar-refractivity contribution in [2.45, 2.75) is 51.7 Å². The van der Waals surface area contributed by atoms with E-state index in [-0.39, 0.29) is 18.2 Å². The molecular formula is C12H18N2O3. The molecule has 1 saturated carbocycles. The molecule has 0 N–H and O–H groups in total. The molecular weight excluding hydrogens is 220 g/mol. The van der Waals surface area contributed by atoms with E-state index in [1.165, 1.54) is 6.08 Å². The summed E-state index contributed by atoms with van der Waals surface area (Å²) in [6, 6.07) is -0.0681. The van der Waals surface area contributed by atoms with E-state index in [2.05, 4.69) is 23.8 Å². The van der Waals surface area contributed by atoms with Gasteiger partial charge < -0.3 is 4.74 Å². The molecule has 1 fully saturated rings. The third-order valence-electron chi connectivity index (χ3n) is 3.09. The molecule has 94 valence electrons. The highest BCUT2D eigenvalue weighted by Gasteiger charge is 2.42. The number of isocyanates is 2. The lowest BCUT2D eigenvalue weighted by molar-refractivity contribution is -0.0868. The Balaban J connectivity index is 2.76. The molecule has 0 aliphatic heterocycles. The molecule has 0 heterocycles. The first-order chi connectivity index (χ1) is 7.91. The third kappa shape index (κ3) is 4.23. The normalized spacial score (nSPS) is 31.1. The molecule has 5 nitrogen and oxygen atoms in total. The van der Waals surface area contributed by atoms with Gasteiger partial charge in [0.05, 0.1) is 11.6 Å². The average Bonchev–Trinajstić information content (AvgIpc) is 2.15. The largest absolute Gasteiger partial charge is 0.352 e. The van der Waals surface area contributed by atoms with Gasteiger partial charge in [0.25, 0.3) is 0 Å². The number of aliphatic imine (C=N–C) groups is 2. The maximum Gasteiger partial charge on any atom is 0.237 e. The van der Waals surface area contributed by atoms with Gasteiger partial charge in [0.1, 0.15) is 0 Å². The van der Waals surface area contributed by atoms with Gasteiger partial charge in [-0.2, -0.15) is 4.99 Å². The second-order valence-corrected chi connectivity index (χ2v) is 5.60. The minimum absolute atomic E-state index is 0.00754. The topological polar surface area (TPSA) is 68.1 Å². The monoisotopic (exact) mass is 238 g/mol. The fourth-order valence-electron chi connectivity index (χ4n) is 2.86. The van der Waals surface area contributed by atoms with Crippen LogP contribution in [0.5, 0.6) is 0 Å². The number of ether oxygens (including phenoxy) is 1. The van der Waals surface area contributed by atoms with E-state index in [1.54, 1.807) is 6.08 Å². The molecule has 0 spiro atoms. The van der Waals surface area contributed by atoms with Gasteiger partial charge in [-0.25, -0.2) is 14.6 Å². The van der Waals surface area contributed by atoms with Gasteiger partial charge in [-0.15, -0.1) is 0 Å². The van der Waals surface area contributed by atoms with Crippen molar-refractivity contribution in [3.8, 4) is 0 Å². The Morgan fingerprint density at radius 2 is 1.94 bits per heavy atom. The Hall–Kier alpha value is -1.28. The summed E-state index contributed by atoms with van der Waals surface area (Å²) < 4.78 is 5.60. The highest BCUT2D eigenvalue weighted by Crippen LogP contribution is 2.43. The van der Waals surface area contributed by atoms with Crippen molar-refractivity contribution in [1.82, 2.24) is 0 Å². The smallest absolute Gasteiger partial charge is 0.237 e. The molecule has 2 unspecified atom stereocenters. The molecule has 1 aliphatic rings. The lowest BCUT2D eigenvalue weighted by Gasteiger charge is -2.44. The van der Waals surface area contributed by atoms with Gasteiger partial charge in [0.15, 0.2) is 6.73 Å². The van der Waals surface area contributed by atoms with Crippen molar-refractivity contribution in [1.29, 1.82) is 0 Å². The van der Waals surface area contributed by atoms with Gasteiger partial charge in [-0.3, -0.25) is 0 Å². The van der Waals surface area contributed by atoms with Crippen molar-refractivity contribution < 1.29 is 14.3 Å². The number of hydrogen-bond donors (Lipinski definition) is 0. The second kappa shape index (κ2) is 5.37. The fourth-order valence-corrected chi connectivity index (χ4v) is 2.86. The maximum absolute atomic E-state index is 10.4. The van der Waals surface area contributed by atoms with Gasteiger partial charge in [0.2, 0.25) is 12.2 Å². The number of nitrogens with zero attached hydrogens (tertiary/aromatic N) is 2. The van der Waals surface area contributed by atoms with Crippen LogP contribution in [0.25, 0.3) is 0 Å². The fraction of sp³-hybridized carbons (Fsp3) is 0.833. The first kappa shape index (κ1) is 13.8. The number of carbonyl (C=O) groups excluding carboxylic acids is 2. The van der Waals surface area contributed by atoms with E-state index in [9.17, 15) is 9.59 Å². The van der Waals surface area contributed by atoms with Crippen LogP contribution in [-0.2, 0) is 14.3 Å². The molecule has 0 aromatic rings. The predicted octanol–water partition coefficient (Wildman–Crippen LogP) is 1.97. The molecule has 2 atom stereocenters. The van der Waals surface area contributed by atoms with Crippen molar-refractivity contribution in [2.24, 2.45) is 15.4 Å². The lowest BCUT2D eigenvalue weighted by Crippen LogP contribution is -2.44. The van der Waals surface area contributed by atoms with Crippen LogP contribution < -0.4 is 0 Å².